The molecule has 1 aliphatic carbocycles. The van der Waals surface area contributed by atoms with Crippen molar-refractivity contribution in [3.63, 3.8) is 0 Å². The van der Waals surface area contributed by atoms with Gasteiger partial charge in [-0.25, -0.2) is 0 Å². The molecule has 2 atom stereocenters. The molecule has 2 rings (SSSR count). The largest absolute Gasteiger partial charge is 0.424 e. The zero-order chi connectivity index (χ0) is 14.5. The molecule has 0 aliphatic heterocycles. The van der Waals surface area contributed by atoms with Crippen LogP contribution in [-0.2, 0) is 4.79 Å². The molecule has 1 aromatic heterocycles. The number of aryl methyl sites for hydroxylation is 1. The second-order valence-electron chi connectivity index (χ2n) is 5.72. The van der Waals surface area contributed by atoms with E-state index in [1.54, 1.807) is 6.92 Å². The van der Waals surface area contributed by atoms with Crippen LogP contribution in [0.4, 0.5) is 0 Å². The molecule has 1 amide bonds. The maximum atomic E-state index is 11.3. The average molecular weight is 280 g/mol. The molecular formula is C14H24N4O2. The minimum atomic E-state index is -0.262. The van der Waals surface area contributed by atoms with Crippen molar-refractivity contribution < 1.29 is 9.21 Å². The van der Waals surface area contributed by atoms with E-state index in [4.69, 9.17) is 10.2 Å². The molecule has 0 radical (unpaired) electrons. The van der Waals surface area contributed by atoms with Crippen molar-refractivity contribution in [2.24, 2.45) is 11.7 Å². The predicted octanol–water partition coefficient (Wildman–Crippen LogP) is 1.85. The Morgan fingerprint density at radius 1 is 1.40 bits per heavy atom. The van der Waals surface area contributed by atoms with E-state index in [0.717, 1.165) is 12.8 Å². The lowest BCUT2D eigenvalue weighted by Crippen LogP contribution is -2.41. The first kappa shape index (κ1) is 15.0. The fraction of sp³-hybridized carbons (Fsp3) is 0.786. The van der Waals surface area contributed by atoms with Gasteiger partial charge in [0.2, 0.25) is 17.7 Å². The van der Waals surface area contributed by atoms with Gasteiger partial charge in [0.25, 0.3) is 0 Å². The van der Waals surface area contributed by atoms with Crippen LogP contribution in [0.2, 0.25) is 0 Å². The van der Waals surface area contributed by atoms with Crippen LogP contribution in [0.25, 0.3) is 0 Å². The number of carbonyl (C=O) groups is 1. The van der Waals surface area contributed by atoms with Gasteiger partial charge in [-0.15, -0.1) is 10.2 Å². The summed E-state index contributed by atoms with van der Waals surface area (Å²) in [5.41, 5.74) is 5.39. The first-order valence-corrected chi connectivity index (χ1v) is 7.40. The van der Waals surface area contributed by atoms with Crippen LogP contribution in [0, 0.1) is 12.8 Å². The lowest BCUT2D eigenvalue weighted by atomic mass is 9.82. The number of primary amides is 1. The average Bonchev–Trinajstić information content (AvgIpc) is 2.85. The zero-order valence-electron chi connectivity index (χ0n) is 12.3. The molecule has 1 heterocycles. The van der Waals surface area contributed by atoms with E-state index in [0.29, 0.717) is 24.1 Å². The minimum Gasteiger partial charge on any atom is -0.424 e. The number of amides is 1. The third-order valence-corrected chi connectivity index (χ3v) is 4.02. The predicted molar refractivity (Wildman–Crippen MR) is 74.8 cm³/mol. The van der Waals surface area contributed by atoms with Gasteiger partial charge in [0.15, 0.2) is 0 Å². The van der Waals surface area contributed by atoms with Crippen molar-refractivity contribution in [2.45, 2.75) is 64.5 Å². The number of rotatable bonds is 6. The van der Waals surface area contributed by atoms with Gasteiger partial charge in [0, 0.05) is 19.4 Å². The Morgan fingerprint density at radius 3 is 2.65 bits per heavy atom. The maximum Gasteiger partial charge on any atom is 0.233 e. The van der Waals surface area contributed by atoms with Crippen molar-refractivity contribution in [3.05, 3.63) is 11.8 Å². The highest BCUT2D eigenvalue weighted by Crippen LogP contribution is 2.29. The number of hydrogen-bond acceptors (Lipinski definition) is 5. The van der Waals surface area contributed by atoms with Crippen molar-refractivity contribution in [2.75, 3.05) is 0 Å². The molecule has 1 saturated carbocycles. The van der Waals surface area contributed by atoms with Crippen molar-refractivity contribution in [1.29, 1.82) is 0 Å². The molecule has 0 saturated heterocycles. The van der Waals surface area contributed by atoms with Crippen LogP contribution >= 0.6 is 0 Å². The summed E-state index contributed by atoms with van der Waals surface area (Å²) >= 11 is 0. The van der Waals surface area contributed by atoms with Crippen LogP contribution in [-0.4, -0.2) is 22.1 Å². The maximum absolute atomic E-state index is 11.3. The molecule has 0 aromatic carbocycles. The molecule has 1 aliphatic rings. The molecule has 6 heteroatoms. The number of aromatic nitrogens is 2. The first-order valence-electron chi connectivity index (χ1n) is 7.40. The normalized spacial score (nSPS) is 19.7. The summed E-state index contributed by atoms with van der Waals surface area (Å²) in [4.78, 5) is 11.3. The Bertz CT molecular complexity index is 440. The summed E-state index contributed by atoms with van der Waals surface area (Å²) in [7, 11) is 0. The number of nitrogens with two attached hydrogens (primary N) is 1. The summed E-state index contributed by atoms with van der Waals surface area (Å²) < 4.78 is 5.44. The van der Waals surface area contributed by atoms with Crippen molar-refractivity contribution in [3.8, 4) is 0 Å². The van der Waals surface area contributed by atoms with Gasteiger partial charge in [-0.05, 0) is 25.7 Å². The molecule has 1 aromatic rings. The smallest absolute Gasteiger partial charge is 0.233 e. The Labute approximate surface area is 119 Å². The van der Waals surface area contributed by atoms with Crippen LogP contribution in [0.3, 0.4) is 0 Å². The molecular weight excluding hydrogens is 256 g/mol. The highest BCUT2D eigenvalue weighted by Gasteiger charge is 2.27. The Hall–Kier alpha value is -1.43. The van der Waals surface area contributed by atoms with E-state index >= 15 is 0 Å². The standard InChI is InChI=1S/C14H24N4O2/c1-9(14-18-17-10(2)20-14)16-12(8-13(15)19)11-6-4-3-5-7-11/h9,11-12,16H,3-8H2,1-2H3,(H2,15,19)/t9-,12-/m1/s1. The molecule has 112 valence electrons. The van der Waals surface area contributed by atoms with Gasteiger partial charge in [-0.1, -0.05) is 19.3 Å². The lowest BCUT2D eigenvalue weighted by Gasteiger charge is -2.31. The summed E-state index contributed by atoms with van der Waals surface area (Å²) in [6, 6.07) is 0.0254. The van der Waals surface area contributed by atoms with E-state index < -0.39 is 0 Å². The fourth-order valence-corrected chi connectivity index (χ4v) is 2.99. The van der Waals surface area contributed by atoms with E-state index in [9.17, 15) is 4.79 Å². The van der Waals surface area contributed by atoms with Gasteiger partial charge in [-0.3, -0.25) is 4.79 Å². The Kier molecular flexibility index (Phi) is 5.11. The van der Waals surface area contributed by atoms with Crippen molar-refractivity contribution >= 4 is 5.91 Å². The molecule has 20 heavy (non-hydrogen) atoms. The molecule has 1 fully saturated rings. The summed E-state index contributed by atoms with van der Waals surface area (Å²) in [5, 5.41) is 11.3. The summed E-state index contributed by atoms with van der Waals surface area (Å²) in [6.45, 7) is 3.75. The van der Waals surface area contributed by atoms with E-state index in [1.807, 2.05) is 6.92 Å². The zero-order valence-corrected chi connectivity index (χ0v) is 12.3. The van der Waals surface area contributed by atoms with E-state index in [-0.39, 0.29) is 18.0 Å². The first-order chi connectivity index (χ1) is 9.56. The number of hydrogen-bond donors (Lipinski definition) is 2. The van der Waals surface area contributed by atoms with Gasteiger partial charge >= 0.3 is 0 Å². The third kappa shape index (κ3) is 4.03. The highest BCUT2D eigenvalue weighted by atomic mass is 16.4. The quantitative estimate of drug-likeness (QED) is 0.829. The molecule has 0 spiro atoms. The number of nitrogens with one attached hydrogen (secondary N) is 1. The van der Waals surface area contributed by atoms with Crippen LogP contribution in [0.15, 0.2) is 4.42 Å². The SMILES string of the molecule is Cc1nnc([C@@H](C)N[C@H](CC(N)=O)C2CCCCC2)o1. The molecule has 0 bridgehead atoms. The van der Waals surface area contributed by atoms with E-state index in [1.165, 1.54) is 19.3 Å². The van der Waals surface area contributed by atoms with Gasteiger partial charge in [0.1, 0.15) is 0 Å². The summed E-state index contributed by atoms with van der Waals surface area (Å²) in [6.07, 6.45) is 6.42. The van der Waals surface area contributed by atoms with Crippen molar-refractivity contribution in [1.82, 2.24) is 15.5 Å². The number of carbonyl (C=O) groups excluding carboxylic acids is 1. The van der Waals surface area contributed by atoms with Crippen LogP contribution < -0.4 is 11.1 Å². The molecule has 0 unspecified atom stereocenters. The van der Waals surface area contributed by atoms with Crippen LogP contribution in [0.5, 0.6) is 0 Å². The van der Waals surface area contributed by atoms with Gasteiger partial charge < -0.3 is 15.5 Å². The van der Waals surface area contributed by atoms with E-state index in [2.05, 4.69) is 15.5 Å². The number of nitrogens with zero attached hydrogens (tertiary/aromatic N) is 2. The van der Waals surface area contributed by atoms with Gasteiger partial charge in [-0.2, -0.15) is 0 Å². The Morgan fingerprint density at radius 2 is 2.10 bits per heavy atom. The molecule has 3 N–H and O–H groups in total. The second kappa shape index (κ2) is 6.83. The fourth-order valence-electron chi connectivity index (χ4n) is 2.99. The molecule has 6 nitrogen and oxygen atoms in total. The monoisotopic (exact) mass is 280 g/mol. The lowest BCUT2D eigenvalue weighted by molar-refractivity contribution is -0.118. The van der Waals surface area contributed by atoms with Gasteiger partial charge in [0.05, 0.1) is 6.04 Å². The second-order valence-corrected chi connectivity index (χ2v) is 5.72. The van der Waals surface area contributed by atoms with Crippen LogP contribution in [0.1, 0.15) is 63.3 Å². The highest BCUT2D eigenvalue weighted by molar-refractivity contribution is 5.74. The minimum absolute atomic E-state index is 0.0672. The summed E-state index contributed by atoms with van der Waals surface area (Å²) in [5.74, 6) is 1.36. The Balaban J connectivity index is 2.00. The topological polar surface area (TPSA) is 94.0 Å². The third-order valence-electron chi connectivity index (χ3n) is 4.02.